The van der Waals surface area contributed by atoms with Gasteiger partial charge in [-0.3, -0.25) is 0 Å². The Balaban J connectivity index is 0.00000121. The Hall–Kier alpha value is -0.690. The summed E-state index contributed by atoms with van der Waals surface area (Å²) in [5.41, 5.74) is 4.15. The molecule has 0 aliphatic carbocycles. The summed E-state index contributed by atoms with van der Waals surface area (Å²) in [6, 6.07) is 6.40. The van der Waals surface area contributed by atoms with E-state index in [-0.39, 0.29) is 13.5 Å². The summed E-state index contributed by atoms with van der Waals surface area (Å²) in [5.74, 6) is 0. The molecule has 66 valence electrons. The van der Waals surface area contributed by atoms with Crippen molar-refractivity contribution in [3.63, 3.8) is 0 Å². The van der Waals surface area contributed by atoms with Crippen molar-refractivity contribution >= 4 is 13.5 Å². The van der Waals surface area contributed by atoms with E-state index >= 15 is 0 Å². The van der Waals surface area contributed by atoms with Crippen molar-refractivity contribution in [1.29, 1.82) is 0 Å². The van der Waals surface area contributed by atoms with Gasteiger partial charge < -0.3 is 0 Å². The average Bonchev–Trinajstić information content (AvgIpc) is 1.99. The van der Waals surface area contributed by atoms with Crippen molar-refractivity contribution in [1.82, 2.24) is 0 Å². The Bertz CT molecular complexity index is 264. The highest BCUT2D eigenvalue weighted by Crippen LogP contribution is 2.12. The van der Waals surface area contributed by atoms with E-state index in [2.05, 4.69) is 38.6 Å². The molecule has 0 radical (unpaired) electrons. The third-order valence-electron chi connectivity index (χ3n) is 2.08. The van der Waals surface area contributed by atoms with Gasteiger partial charge in [-0.25, -0.2) is 0 Å². The van der Waals surface area contributed by atoms with Gasteiger partial charge in [0.15, 0.2) is 0 Å². The summed E-state index contributed by atoms with van der Waals surface area (Å²) in [5, 5.41) is 0. The number of aryl methyl sites for hydroxylation is 1. The van der Waals surface area contributed by atoms with Crippen LogP contribution in [-0.4, -0.2) is 0 Å². The number of benzene rings is 1. The second-order valence-corrected chi connectivity index (χ2v) is 2.85. The first-order valence-electron chi connectivity index (χ1n) is 3.91. The van der Waals surface area contributed by atoms with Crippen LogP contribution in [0.2, 0.25) is 0 Å². The molecule has 0 nitrogen and oxygen atoms in total. The van der Waals surface area contributed by atoms with E-state index < -0.39 is 0 Å². The summed E-state index contributed by atoms with van der Waals surface area (Å²) < 4.78 is 0. The molecule has 1 rings (SSSR count). The Morgan fingerprint density at radius 2 is 2.00 bits per heavy atom. The van der Waals surface area contributed by atoms with Gasteiger partial charge >= 0.3 is 0 Å². The molecule has 0 saturated heterocycles. The molecule has 0 aliphatic rings. The Morgan fingerprint density at radius 3 is 2.58 bits per heavy atom. The molecule has 0 spiro atoms. The minimum absolute atomic E-state index is 0. The molecule has 12 heavy (non-hydrogen) atoms. The minimum atomic E-state index is 0. The largest absolute Gasteiger partial charge is 0.197 e. The van der Waals surface area contributed by atoms with E-state index in [9.17, 15) is 0 Å². The van der Waals surface area contributed by atoms with Crippen molar-refractivity contribution in [2.24, 2.45) is 0 Å². The molecule has 0 amide bonds. The van der Waals surface area contributed by atoms with Crippen LogP contribution in [0, 0.1) is 13.8 Å². The average molecular weight is 180 g/mol. The lowest BCUT2D eigenvalue weighted by atomic mass is 10.0. The summed E-state index contributed by atoms with van der Waals surface area (Å²) >= 11 is 0. The predicted octanol–water partition coefficient (Wildman–Crippen LogP) is 3.14. The zero-order chi connectivity index (χ0) is 8.27. The molecule has 0 N–H and O–H groups in total. The molecule has 0 unspecified atom stereocenters. The van der Waals surface area contributed by atoms with Crippen molar-refractivity contribution < 1.29 is 0 Å². The second-order valence-electron chi connectivity index (χ2n) is 2.85. The van der Waals surface area contributed by atoms with Gasteiger partial charge in [-0.05, 0) is 37.0 Å². The molecule has 0 aliphatic heterocycles. The van der Waals surface area contributed by atoms with Crippen LogP contribution in [0.25, 0.3) is 0 Å². The molecule has 0 fully saturated rings. The fourth-order valence-corrected chi connectivity index (χ4v) is 1.19. The SMILES string of the molecule is C=CCc1cccc(C)c1C.S. The maximum atomic E-state index is 3.73. The first kappa shape index (κ1) is 11.3. The lowest BCUT2D eigenvalue weighted by Gasteiger charge is -2.04. The molecular formula is C11H16S. The normalized spacial score (nSPS) is 8.83. The van der Waals surface area contributed by atoms with E-state index in [1.165, 1.54) is 16.7 Å². The zero-order valence-electron chi connectivity index (χ0n) is 7.72. The van der Waals surface area contributed by atoms with Gasteiger partial charge in [0.1, 0.15) is 0 Å². The summed E-state index contributed by atoms with van der Waals surface area (Å²) in [7, 11) is 0. The van der Waals surface area contributed by atoms with Crippen LogP contribution in [0.4, 0.5) is 0 Å². The first-order chi connectivity index (χ1) is 5.25. The van der Waals surface area contributed by atoms with Crippen molar-refractivity contribution in [2.75, 3.05) is 0 Å². The molecule has 0 atom stereocenters. The van der Waals surface area contributed by atoms with E-state index in [1.807, 2.05) is 6.08 Å². The van der Waals surface area contributed by atoms with Crippen LogP contribution in [-0.2, 0) is 6.42 Å². The predicted molar refractivity (Wildman–Crippen MR) is 60.2 cm³/mol. The van der Waals surface area contributed by atoms with Gasteiger partial charge in [-0.15, -0.1) is 6.58 Å². The second kappa shape index (κ2) is 5.04. The van der Waals surface area contributed by atoms with Crippen LogP contribution in [0.5, 0.6) is 0 Å². The fraction of sp³-hybridized carbons (Fsp3) is 0.273. The highest BCUT2D eigenvalue weighted by Gasteiger charge is 1.96. The van der Waals surface area contributed by atoms with E-state index in [4.69, 9.17) is 0 Å². The molecule has 0 saturated carbocycles. The number of rotatable bonds is 2. The molecule has 1 aromatic carbocycles. The minimum Gasteiger partial charge on any atom is -0.197 e. The van der Waals surface area contributed by atoms with Gasteiger partial charge in [0.05, 0.1) is 0 Å². The molecular weight excluding hydrogens is 164 g/mol. The highest BCUT2D eigenvalue weighted by atomic mass is 32.1. The lowest BCUT2D eigenvalue weighted by molar-refractivity contribution is 1.18. The quantitative estimate of drug-likeness (QED) is 0.613. The molecule has 0 heterocycles. The number of hydrogen-bond donors (Lipinski definition) is 0. The summed E-state index contributed by atoms with van der Waals surface area (Å²) in [4.78, 5) is 0. The Morgan fingerprint density at radius 1 is 1.33 bits per heavy atom. The smallest absolute Gasteiger partial charge is 0.00974 e. The first-order valence-corrected chi connectivity index (χ1v) is 3.91. The van der Waals surface area contributed by atoms with Crippen LogP contribution < -0.4 is 0 Å². The zero-order valence-corrected chi connectivity index (χ0v) is 8.72. The highest BCUT2D eigenvalue weighted by molar-refractivity contribution is 7.59. The van der Waals surface area contributed by atoms with E-state index in [1.54, 1.807) is 0 Å². The van der Waals surface area contributed by atoms with Gasteiger partial charge in [0, 0.05) is 0 Å². The van der Waals surface area contributed by atoms with Crippen molar-refractivity contribution in [3.05, 3.63) is 47.5 Å². The molecule has 0 bridgehead atoms. The van der Waals surface area contributed by atoms with Gasteiger partial charge in [-0.1, -0.05) is 24.3 Å². The van der Waals surface area contributed by atoms with E-state index in [0.717, 1.165) is 6.42 Å². The standard InChI is InChI=1S/C11H14.H2S/c1-4-6-11-8-5-7-9(2)10(11)3;/h4-5,7-8H,1,6H2,2-3H3;1H2. The molecule has 1 heteroatoms. The summed E-state index contributed by atoms with van der Waals surface area (Å²) in [6.45, 7) is 8.03. The van der Waals surface area contributed by atoms with Crippen molar-refractivity contribution in [2.45, 2.75) is 20.3 Å². The maximum absolute atomic E-state index is 3.73. The lowest BCUT2D eigenvalue weighted by Crippen LogP contribution is -1.88. The number of allylic oxidation sites excluding steroid dienone is 1. The third kappa shape index (κ3) is 2.42. The van der Waals surface area contributed by atoms with Crippen LogP contribution >= 0.6 is 13.5 Å². The molecule has 0 aromatic heterocycles. The third-order valence-corrected chi connectivity index (χ3v) is 2.08. The van der Waals surface area contributed by atoms with Gasteiger partial charge in [0.2, 0.25) is 0 Å². The number of hydrogen-bond acceptors (Lipinski definition) is 0. The fourth-order valence-electron chi connectivity index (χ4n) is 1.19. The maximum Gasteiger partial charge on any atom is -0.00974 e. The molecule has 1 aromatic rings. The Labute approximate surface area is 81.8 Å². The van der Waals surface area contributed by atoms with Crippen LogP contribution in [0.15, 0.2) is 30.9 Å². The van der Waals surface area contributed by atoms with Gasteiger partial charge in [0.25, 0.3) is 0 Å². The summed E-state index contributed by atoms with van der Waals surface area (Å²) in [6.07, 6.45) is 2.93. The topological polar surface area (TPSA) is 0 Å². The van der Waals surface area contributed by atoms with Gasteiger partial charge in [-0.2, -0.15) is 13.5 Å². The van der Waals surface area contributed by atoms with Crippen LogP contribution in [0.3, 0.4) is 0 Å². The van der Waals surface area contributed by atoms with Crippen LogP contribution in [0.1, 0.15) is 16.7 Å². The van der Waals surface area contributed by atoms with E-state index in [0.29, 0.717) is 0 Å². The van der Waals surface area contributed by atoms with Crippen molar-refractivity contribution in [3.8, 4) is 0 Å². The Kier molecular flexibility index (Phi) is 4.75. The monoisotopic (exact) mass is 180 g/mol.